The van der Waals surface area contributed by atoms with Gasteiger partial charge in [-0.1, -0.05) is 6.07 Å². The molecule has 1 N–H and O–H groups in total. The number of nitrogens with one attached hydrogen (secondary N) is 1. The Morgan fingerprint density at radius 2 is 1.43 bits per heavy atom. The molecule has 1 heterocycles. The van der Waals surface area contributed by atoms with Crippen LogP contribution in [-0.4, -0.2) is 53.0 Å². The standard InChI is InChI=1S/C21H25NO8/c1-11-17(20(24)28-5)19(18(12(2)22-11)21(25)29-6)13-7-8-14(15(9-13)26-3)30-10-16(23)27-4/h7-9,19,22H,10H2,1-6H3. The molecule has 30 heavy (non-hydrogen) atoms. The Balaban J connectivity index is 2.59. The Labute approximate surface area is 174 Å². The van der Waals surface area contributed by atoms with E-state index in [1.807, 2.05) is 0 Å². The quantitative estimate of drug-likeness (QED) is 0.523. The summed E-state index contributed by atoms with van der Waals surface area (Å²) in [4.78, 5) is 36.5. The Morgan fingerprint density at radius 3 is 1.90 bits per heavy atom. The molecule has 0 unspecified atom stereocenters. The molecule has 0 aliphatic carbocycles. The van der Waals surface area contributed by atoms with Gasteiger partial charge in [0.2, 0.25) is 0 Å². The Kier molecular flexibility index (Phi) is 7.46. The van der Waals surface area contributed by atoms with Crippen LogP contribution in [0.2, 0.25) is 0 Å². The molecule has 0 atom stereocenters. The van der Waals surface area contributed by atoms with Crippen molar-refractivity contribution in [3.05, 3.63) is 46.3 Å². The third kappa shape index (κ3) is 4.56. The molecule has 1 aromatic carbocycles. The number of allylic oxidation sites excluding steroid dienone is 2. The number of hydrogen-bond acceptors (Lipinski definition) is 9. The summed E-state index contributed by atoms with van der Waals surface area (Å²) in [5.74, 6) is -1.83. The van der Waals surface area contributed by atoms with Crippen molar-refractivity contribution in [2.75, 3.05) is 35.0 Å². The van der Waals surface area contributed by atoms with Gasteiger partial charge in [-0.15, -0.1) is 0 Å². The van der Waals surface area contributed by atoms with Crippen molar-refractivity contribution in [1.29, 1.82) is 0 Å². The first kappa shape index (κ1) is 22.8. The Bertz CT molecular complexity index is 878. The van der Waals surface area contributed by atoms with Crippen LogP contribution in [0.1, 0.15) is 25.3 Å². The molecule has 0 amide bonds. The van der Waals surface area contributed by atoms with Gasteiger partial charge in [-0.3, -0.25) is 0 Å². The predicted octanol–water partition coefficient (Wildman–Crippen LogP) is 1.83. The van der Waals surface area contributed by atoms with E-state index in [2.05, 4.69) is 10.1 Å². The minimum Gasteiger partial charge on any atom is -0.493 e. The van der Waals surface area contributed by atoms with Gasteiger partial charge in [-0.25, -0.2) is 14.4 Å². The summed E-state index contributed by atoms with van der Waals surface area (Å²) >= 11 is 0. The lowest BCUT2D eigenvalue weighted by atomic mass is 9.80. The number of ether oxygens (including phenoxy) is 5. The van der Waals surface area contributed by atoms with Crippen molar-refractivity contribution < 1.29 is 38.1 Å². The highest BCUT2D eigenvalue weighted by Crippen LogP contribution is 2.41. The fraction of sp³-hybridized carbons (Fsp3) is 0.381. The smallest absolute Gasteiger partial charge is 0.343 e. The first-order valence-electron chi connectivity index (χ1n) is 9.01. The molecule has 1 aliphatic rings. The van der Waals surface area contributed by atoms with Crippen LogP contribution in [0.3, 0.4) is 0 Å². The maximum Gasteiger partial charge on any atom is 0.343 e. The van der Waals surface area contributed by atoms with Crippen LogP contribution in [0.5, 0.6) is 11.5 Å². The highest BCUT2D eigenvalue weighted by molar-refractivity contribution is 5.99. The number of carbonyl (C=O) groups is 3. The van der Waals surface area contributed by atoms with E-state index in [4.69, 9.17) is 18.9 Å². The van der Waals surface area contributed by atoms with Gasteiger partial charge in [0.05, 0.1) is 45.5 Å². The van der Waals surface area contributed by atoms with Crippen LogP contribution in [-0.2, 0) is 28.6 Å². The number of esters is 3. The topological polar surface area (TPSA) is 109 Å². The van der Waals surface area contributed by atoms with Crippen molar-refractivity contribution in [3.8, 4) is 11.5 Å². The number of hydrogen-bond donors (Lipinski definition) is 1. The summed E-state index contributed by atoms with van der Waals surface area (Å²) in [7, 11) is 5.24. The second kappa shape index (κ2) is 9.82. The molecule has 0 spiro atoms. The zero-order chi connectivity index (χ0) is 22.4. The van der Waals surface area contributed by atoms with E-state index in [9.17, 15) is 14.4 Å². The molecule has 0 fully saturated rings. The monoisotopic (exact) mass is 419 g/mol. The van der Waals surface area contributed by atoms with Gasteiger partial charge >= 0.3 is 17.9 Å². The lowest BCUT2D eigenvalue weighted by Gasteiger charge is -2.30. The zero-order valence-electron chi connectivity index (χ0n) is 17.8. The molecule has 0 saturated carbocycles. The number of dihydropyridines is 1. The van der Waals surface area contributed by atoms with Gasteiger partial charge in [0.15, 0.2) is 18.1 Å². The summed E-state index contributed by atoms with van der Waals surface area (Å²) in [6.07, 6.45) is 0. The zero-order valence-corrected chi connectivity index (χ0v) is 17.8. The average Bonchev–Trinajstić information content (AvgIpc) is 2.75. The summed E-state index contributed by atoms with van der Waals surface area (Å²) in [5, 5.41) is 3.04. The van der Waals surface area contributed by atoms with Crippen LogP contribution < -0.4 is 14.8 Å². The lowest BCUT2D eigenvalue weighted by molar-refractivity contribution is -0.143. The largest absolute Gasteiger partial charge is 0.493 e. The van der Waals surface area contributed by atoms with E-state index in [0.29, 0.717) is 28.5 Å². The SMILES string of the molecule is COC(=O)COc1ccc(C2C(C(=O)OC)=C(C)NC(C)=C2C(=O)OC)cc1OC. The van der Waals surface area contributed by atoms with Gasteiger partial charge in [0, 0.05) is 11.4 Å². The molecule has 9 nitrogen and oxygen atoms in total. The van der Waals surface area contributed by atoms with Gasteiger partial charge in [0.25, 0.3) is 0 Å². The normalized spacial score (nSPS) is 14.1. The van der Waals surface area contributed by atoms with Crippen molar-refractivity contribution in [3.63, 3.8) is 0 Å². The van der Waals surface area contributed by atoms with E-state index < -0.39 is 23.8 Å². The number of benzene rings is 1. The average molecular weight is 419 g/mol. The van der Waals surface area contributed by atoms with Gasteiger partial charge < -0.3 is 29.0 Å². The maximum atomic E-state index is 12.6. The molecule has 0 bridgehead atoms. The van der Waals surface area contributed by atoms with Crippen molar-refractivity contribution in [1.82, 2.24) is 5.32 Å². The van der Waals surface area contributed by atoms with Crippen LogP contribution in [0.4, 0.5) is 0 Å². The van der Waals surface area contributed by atoms with Crippen molar-refractivity contribution in [2.24, 2.45) is 0 Å². The van der Waals surface area contributed by atoms with E-state index in [-0.39, 0.29) is 17.8 Å². The summed E-state index contributed by atoms with van der Waals surface area (Å²) in [6, 6.07) is 4.90. The van der Waals surface area contributed by atoms with E-state index in [0.717, 1.165) is 0 Å². The molecular weight excluding hydrogens is 394 g/mol. The van der Waals surface area contributed by atoms with E-state index in [1.165, 1.54) is 28.4 Å². The number of rotatable bonds is 7. The molecule has 162 valence electrons. The fourth-order valence-electron chi connectivity index (χ4n) is 3.27. The molecule has 0 aromatic heterocycles. The molecule has 9 heteroatoms. The van der Waals surface area contributed by atoms with E-state index >= 15 is 0 Å². The number of carbonyl (C=O) groups excluding carboxylic acids is 3. The van der Waals surface area contributed by atoms with Crippen molar-refractivity contribution in [2.45, 2.75) is 19.8 Å². The Hall–Kier alpha value is -3.49. The minimum absolute atomic E-state index is 0.272. The molecule has 1 aliphatic heterocycles. The second-order valence-electron chi connectivity index (χ2n) is 6.39. The second-order valence-corrected chi connectivity index (χ2v) is 6.39. The predicted molar refractivity (Wildman–Crippen MR) is 106 cm³/mol. The first-order valence-corrected chi connectivity index (χ1v) is 9.01. The Morgan fingerprint density at radius 1 is 0.867 bits per heavy atom. The van der Waals surface area contributed by atoms with Crippen molar-refractivity contribution >= 4 is 17.9 Å². The highest BCUT2D eigenvalue weighted by Gasteiger charge is 2.38. The molecular formula is C21H25NO8. The van der Waals surface area contributed by atoms with Gasteiger partial charge in [0.1, 0.15) is 0 Å². The van der Waals surface area contributed by atoms with Crippen LogP contribution in [0.25, 0.3) is 0 Å². The molecule has 2 rings (SSSR count). The maximum absolute atomic E-state index is 12.6. The third-order valence-electron chi connectivity index (χ3n) is 4.67. The number of methoxy groups -OCH3 is 4. The van der Waals surface area contributed by atoms with Gasteiger partial charge in [-0.05, 0) is 31.5 Å². The fourth-order valence-corrected chi connectivity index (χ4v) is 3.27. The minimum atomic E-state index is -0.755. The molecule has 0 radical (unpaired) electrons. The summed E-state index contributed by atoms with van der Waals surface area (Å²) in [6.45, 7) is 3.15. The molecule has 1 aromatic rings. The molecule has 0 saturated heterocycles. The summed E-state index contributed by atoms with van der Waals surface area (Å²) < 4.78 is 25.3. The lowest BCUT2D eigenvalue weighted by Crippen LogP contribution is -2.32. The third-order valence-corrected chi connectivity index (χ3v) is 4.67. The van der Waals surface area contributed by atoms with Crippen LogP contribution >= 0.6 is 0 Å². The van der Waals surface area contributed by atoms with Crippen LogP contribution in [0.15, 0.2) is 40.7 Å². The summed E-state index contributed by atoms with van der Waals surface area (Å²) in [5.41, 5.74) is 2.24. The highest BCUT2D eigenvalue weighted by atomic mass is 16.6. The van der Waals surface area contributed by atoms with E-state index in [1.54, 1.807) is 32.0 Å². The first-order chi connectivity index (χ1) is 14.3. The van der Waals surface area contributed by atoms with Gasteiger partial charge in [-0.2, -0.15) is 0 Å². The van der Waals surface area contributed by atoms with Crippen LogP contribution in [0, 0.1) is 0 Å².